The summed E-state index contributed by atoms with van der Waals surface area (Å²) in [7, 11) is 0. The van der Waals surface area contributed by atoms with Crippen molar-refractivity contribution in [3.8, 4) is 11.3 Å². The summed E-state index contributed by atoms with van der Waals surface area (Å²) in [6.45, 7) is 8.22. The minimum absolute atomic E-state index is 0.127. The topological polar surface area (TPSA) is 33.2 Å². The Kier molecular flexibility index (Phi) is 4.69. The minimum atomic E-state index is 0.127. The van der Waals surface area contributed by atoms with Gasteiger partial charge in [-0.25, -0.2) is 4.98 Å². The van der Waals surface area contributed by atoms with E-state index < -0.39 is 0 Å². The molecule has 0 radical (unpaired) electrons. The highest BCUT2D eigenvalue weighted by atomic mass is 16.2. The molecule has 2 heterocycles. The van der Waals surface area contributed by atoms with E-state index in [2.05, 4.69) is 32.9 Å². The van der Waals surface area contributed by atoms with Gasteiger partial charge < -0.3 is 4.90 Å². The smallest absolute Gasteiger partial charge is 0.254 e. The highest BCUT2D eigenvalue weighted by molar-refractivity contribution is 6.07. The highest BCUT2D eigenvalue weighted by Gasteiger charge is 2.27. The molecule has 1 aliphatic heterocycles. The quantitative estimate of drug-likeness (QED) is 0.620. The van der Waals surface area contributed by atoms with E-state index in [4.69, 9.17) is 4.98 Å². The number of pyridine rings is 1. The zero-order chi connectivity index (χ0) is 19.0. The third kappa shape index (κ3) is 3.46. The second kappa shape index (κ2) is 7.15. The fourth-order valence-corrected chi connectivity index (χ4v) is 4.35. The van der Waals surface area contributed by atoms with Gasteiger partial charge in [0.2, 0.25) is 0 Å². The fourth-order valence-electron chi connectivity index (χ4n) is 4.35. The van der Waals surface area contributed by atoms with Crippen LogP contribution in [0.15, 0.2) is 54.6 Å². The van der Waals surface area contributed by atoms with Gasteiger partial charge in [-0.3, -0.25) is 4.79 Å². The van der Waals surface area contributed by atoms with Gasteiger partial charge in [0.1, 0.15) is 0 Å². The third-order valence-electron chi connectivity index (χ3n) is 5.52. The predicted octanol–water partition coefficient (Wildman–Crippen LogP) is 5.33. The van der Waals surface area contributed by atoms with Gasteiger partial charge in [0, 0.05) is 24.0 Å². The Morgan fingerprint density at radius 3 is 2.41 bits per heavy atom. The summed E-state index contributed by atoms with van der Waals surface area (Å²) in [4.78, 5) is 20.4. The summed E-state index contributed by atoms with van der Waals surface area (Å²) in [5.41, 5.74) is 4.75. The van der Waals surface area contributed by atoms with Gasteiger partial charge in [0.05, 0.1) is 16.8 Å². The van der Waals surface area contributed by atoms with Crippen LogP contribution in [0.3, 0.4) is 0 Å². The number of carbonyl (C=O) groups is 1. The number of amides is 1. The molecule has 138 valence electrons. The zero-order valence-corrected chi connectivity index (χ0v) is 16.3. The molecule has 0 saturated carbocycles. The van der Waals surface area contributed by atoms with Crippen molar-refractivity contribution >= 4 is 16.8 Å². The van der Waals surface area contributed by atoms with Gasteiger partial charge in [0.25, 0.3) is 5.91 Å². The van der Waals surface area contributed by atoms with Crippen LogP contribution in [0.4, 0.5) is 0 Å². The number of aryl methyl sites for hydroxylation is 1. The van der Waals surface area contributed by atoms with Crippen LogP contribution in [0.25, 0.3) is 22.2 Å². The van der Waals surface area contributed by atoms with E-state index in [1.54, 1.807) is 0 Å². The number of hydrogen-bond donors (Lipinski definition) is 0. The Hall–Kier alpha value is -2.68. The fraction of sp³-hybridized carbons (Fsp3) is 0.333. The number of piperidine rings is 1. The number of fused-ring (bicyclic) bond motifs is 1. The van der Waals surface area contributed by atoms with Crippen molar-refractivity contribution in [2.24, 2.45) is 11.8 Å². The number of likely N-dealkylation sites (tertiary alicyclic amines) is 1. The van der Waals surface area contributed by atoms with Crippen molar-refractivity contribution in [2.45, 2.75) is 27.2 Å². The molecule has 3 aromatic rings. The first kappa shape index (κ1) is 17.7. The predicted molar refractivity (Wildman–Crippen MR) is 111 cm³/mol. The van der Waals surface area contributed by atoms with Crippen LogP contribution in [-0.2, 0) is 0 Å². The van der Waals surface area contributed by atoms with Gasteiger partial charge in [0.15, 0.2) is 0 Å². The summed E-state index contributed by atoms with van der Waals surface area (Å²) in [5.74, 6) is 1.21. The Morgan fingerprint density at radius 1 is 1.00 bits per heavy atom. The number of benzene rings is 2. The van der Waals surface area contributed by atoms with E-state index in [-0.39, 0.29) is 5.91 Å². The molecule has 1 amide bonds. The van der Waals surface area contributed by atoms with Crippen molar-refractivity contribution in [3.05, 3.63) is 65.7 Å². The van der Waals surface area contributed by atoms with E-state index in [0.29, 0.717) is 11.8 Å². The molecular formula is C24H26N2O. The van der Waals surface area contributed by atoms with Crippen molar-refractivity contribution in [2.75, 3.05) is 13.1 Å². The standard InChI is InChI=1S/C24H26N2O/c1-16-12-17(2)15-26(14-16)24(27)21-13-23(19-9-5-4-8-18(19)3)25-22-11-7-6-10-20(21)22/h4-11,13,16-17H,12,14-15H2,1-3H3. The Labute approximate surface area is 161 Å². The molecule has 27 heavy (non-hydrogen) atoms. The molecule has 2 atom stereocenters. The van der Waals surface area contributed by atoms with Crippen LogP contribution in [-0.4, -0.2) is 28.9 Å². The van der Waals surface area contributed by atoms with Crippen LogP contribution in [0.2, 0.25) is 0 Å². The number of rotatable bonds is 2. The Morgan fingerprint density at radius 2 is 1.67 bits per heavy atom. The normalized spacial score (nSPS) is 20.0. The molecule has 3 heteroatoms. The maximum Gasteiger partial charge on any atom is 0.254 e. The van der Waals surface area contributed by atoms with Gasteiger partial charge in [-0.2, -0.15) is 0 Å². The van der Waals surface area contributed by atoms with Crippen LogP contribution < -0.4 is 0 Å². The summed E-state index contributed by atoms with van der Waals surface area (Å²) >= 11 is 0. The first-order chi connectivity index (χ1) is 13.0. The van der Waals surface area contributed by atoms with Crippen LogP contribution in [0, 0.1) is 18.8 Å². The SMILES string of the molecule is Cc1ccccc1-c1cc(C(=O)N2CC(C)CC(C)C2)c2ccccc2n1. The first-order valence-corrected chi connectivity index (χ1v) is 9.78. The molecule has 1 fully saturated rings. The zero-order valence-electron chi connectivity index (χ0n) is 16.3. The summed E-state index contributed by atoms with van der Waals surface area (Å²) in [6.07, 6.45) is 1.19. The third-order valence-corrected chi connectivity index (χ3v) is 5.52. The number of carbonyl (C=O) groups excluding carboxylic acids is 1. The lowest BCUT2D eigenvalue weighted by molar-refractivity contribution is 0.0625. The van der Waals surface area contributed by atoms with E-state index in [1.165, 1.54) is 12.0 Å². The Balaban J connectivity index is 1.84. The van der Waals surface area contributed by atoms with Crippen LogP contribution in [0.1, 0.15) is 36.2 Å². The molecule has 1 saturated heterocycles. The molecule has 1 aliphatic rings. The van der Waals surface area contributed by atoms with Gasteiger partial charge in [-0.1, -0.05) is 56.3 Å². The maximum absolute atomic E-state index is 13.5. The second-order valence-electron chi connectivity index (χ2n) is 8.04. The summed E-state index contributed by atoms with van der Waals surface area (Å²) < 4.78 is 0. The number of nitrogens with zero attached hydrogens (tertiary/aromatic N) is 2. The average Bonchev–Trinajstić information content (AvgIpc) is 2.66. The summed E-state index contributed by atoms with van der Waals surface area (Å²) in [5, 5.41) is 0.936. The lowest BCUT2D eigenvalue weighted by atomic mass is 9.91. The lowest BCUT2D eigenvalue weighted by Crippen LogP contribution is -2.42. The molecule has 2 unspecified atom stereocenters. The molecule has 0 spiro atoms. The first-order valence-electron chi connectivity index (χ1n) is 9.78. The van der Waals surface area contributed by atoms with Crippen LogP contribution in [0.5, 0.6) is 0 Å². The number of aromatic nitrogens is 1. The Bertz CT molecular complexity index is 985. The minimum Gasteiger partial charge on any atom is -0.338 e. The molecule has 1 aromatic heterocycles. The van der Waals surface area contributed by atoms with Gasteiger partial charge >= 0.3 is 0 Å². The van der Waals surface area contributed by atoms with Crippen molar-refractivity contribution in [1.29, 1.82) is 0 Å². The molecule has 3 nitrogen and oxygen atoms in total. The molecule has 0 N–H and O–H groups in total. The average molecular weight is 358 g/mol. The van der Waals surface area contributed by atoms with E-state index in [9.17, 15) is 4.79 Å². The van der Waals surface area contributed by atoms with Gasteiger partial charge in [-0.15, -0.1) is 0 Å². The largest absolute Gasteiger partial charge is 0.338 e. The maximum atomic E-state index is 13.5. The molecular weight excluding hydrogens is 332 g/mol. The molecule has 2 aromatic carbocycles. The summed E-state index contributed by atoms with van der Waals surface area (Å²) in [6, 6.07) is 18.2. The number of para-hydroxylation sites is 1. The van der Waals surface area contributed by atoms with Crippen molar-refractivity contribution in [1.82, 2.24) is 9.88 Å². The second-order valence-corrected chi connectivity index (χ2v) is 8.04. The van der Waals surface area contributed by atoms with E-state index in [1.807, 2.05) is 47.4 Å². The van der Waals surface area contributed by atoms with Gasteiger partial charge in [-0.05, 0) is 42.9 Å². The molecule has 0 bridgehead atoms. The van der Waals surface area contributed by atoms with Crippen LogP contribution >= 0.6 is 0 Å². The molecule has 4 rings (SSSR count). The highest BCUT2D eigenvalue weighted by Crippen LogP contribution is 2.29. The lowest BCUT2D eigenvalue weighted by Gasteiger charge is -2.35. The molecule has 0 aliphatic carbocycles. The van der Waals surface area contributed by atoms with E-state index in [0.717, 1.165) is 40.8 Å². The number of hydrogen-bond acceptors (Lipinski definition) is 2. The van der Waals surface area contributed by atoms with Crippen molar-refractivity contribution < 1.29 is 4.79 Å². The van der Waals surface area contributed by atoms with Crippen molar-refractivity contribution in [3.63, 3.8) is 0 Å². The monoisotopic (exact) mass is 358 g/mol. The van der Waals surface area contributed by atoms with E-state index >= 15 is 0 Å².